The van der Waals surface area contributed by atoms with Gasteiger partial charge < -0.3 is 14.2 Å². The van der Waals surface area contributed by atoms with Crippen molar-refractivity contribution in [2.45, 2.75) is 33.1 Å². The molecule has 7 nitrogen and oxygen atoms in total. The zero-order valence-electron chi connectivity index (χ0n) is 19.4. The maximum atomic E-state index is 15.0. The number of benzene rings is 1. The molecule has 1 unspecified atom stereocenters. The minimum atomic E-state index is -0.390. The van der Waals surface area contributed by atoms with E-state index in [1.54, 1.807) is 4.52 Å². The van der Waals surface area contributed by atoms with Crippen molar-refractivity contribution in [1.82, 2.24) is 24.5 Å². The van der Waals surface area contributed by atoms with Gasteiger partial charge in [0.25, 0.3) is 6.01 Å². The number of nitrogens with zero attached hydrogens (tertiary/aromatic N) is 6. The predicted molar refractivity (Wildman–Crippen MR) is 126 cm³/mol. The van der Waals surface area contributed by atoms with Crippen molar-refractivity contribution in [3.05, 3.63) is 41.5 Å². The van der Waals surface area contributed by atoms with Gasteiger partial charge >= 0.3 is 0 Å². The summed E-state index contributed by atoms with van der Waals surface area (Å²) in [6, 6.07) is 5.77. The van der Waals surface area contributed by atoms with Crippen molar-refractivity contribution in [2.75, 3.05) is 38.1 Å². The van der Waals surface area contributed by atoms with E-state index in [1.165, 1.54) is 25.5 Å². The van der Waals surface area contributed by atoms with Crippen LogP contribution in [-0.2, 0) is 0 Å². The lowest BCUT2D eigenvalue weighted by molar-refractivity contribution is 0.276. The fourth-order valence-corrected chi connectivity index (χ4v) is 5.06. The molecule has 33 heavy (non-hydrogen) atoms. The van der Waals surface area contributed by atoms with Gasteiger partial charge in [0.05, 0.1) is 17.6 Å². The molecule has 0 amide bonds. The molecule has 172 valence electrons. The molecular formula is C25H29FN6O. The first kappa shape index (κ1) is 20.6. The third-order valence-corrected chi connectivity index (χ3v) is 6.86. The van der Waals surface area contributed by atoms with E-state index in [1.807, 2.05) is 32.2 Å². The number of hydrogen-bond donors (Lipinski definition) is 0. The van der Waals surface area contributed by atoms with Crippen LogP contribution in [0.1, 0.15) is 30.5 Å². The Morgan fingerprint density at radius 2 is 1.91 bits per heavy atom. The highest BCUT2D eigenvalue weighted by molar-refractivity contribution is 5.81. The largest absolute Gasteiger partial charge is 0.423 e. The number of anilines is 1. The number of fused-ring (bicyclic) bond motifs is 2. The van der Waals surface area contributed by atoms with Crippen LogP contribution in [0.5, 0.6) is 0 Å². The lowest BCUT2D eigenvalue weighted by Crippen LogP contribution is -2.29. The van der Waals surface area contributed by atoms with E-state index in [2.05, 4.69) is 31.9 Å². The van der Waals surface area contributed by atoms with Gasteiger partial charge in [-0.2, -0.15) is 10.1 Å². The van der Waals surface area contributed by atoms with E-state index in [0.29, 0.717) is 28.8 Å². The lowest BCUT2D eigenvalue weighted by atomic mass is 10.1. The van der Waals surface area contributed by atoms with E-state index in [0.717, 1.165) is 48.9 Å². The maximum Gasteiger partial charge on any atom is 0.298 e. The molecule has 3 aromatic heterocycles. The first-order chi connectivity index (χ1) is 15.9. The zero-order valence-corrected chi connectivity index (χ0v) is 19.4. The van der Waals surface area contributed by atoms with Crippen LogP contribution in [0.2, 0.25) is 0 Å². The van der Waals surface area contributed by atoms with E-state index in [9.17, 15) is 0 Å². The average Bonchev–Trinajstić information content (AvgIpc) is 3.14. The summed E-state index contributed by atoms with van der Waals surface area (Å²) in [7, 11) is 2.22. The Kier molecular flexibility index (Phi) is 4.87. The van der Waals surface area contributed by atoms with Gasteiger partial charge in [0.1, 0.15) is 5.52 Å². The van der Waals surface area contributed by atoms with Gasteiger partial charge in [-0.25, -0.2) is 13.9 Å². The van der Waals surface area contributed by atoms with Crippen molar-refractivity contribution >= 4 is 22.8 Å². The molecule has 4 heterocycles. The smallest absolute Gasteiger partial charge is 0.298 e. The topological polar surface area (TPSA) is 62.7 Å². The molecule has 8 heteroatoms. The first-order valence-electron chi connectivity index (χ1n) is 11.8. The molecule has 4 aromatic rings. The van der Waals surface area contributed by atoms with Crippen LogP contribution < -0.4 is 4.90 Å². The number of oxazole rings is 1. The highest BCUT2D eigenvalue weighted by Crippen LogP contribution is 2.33. The molecular weight excluding hydrogens is 419 g/mol. The fourth-order valence-electron chi connectivity index (χ4n) is 5.06. The van der Waals surface area contributed by atoms with Crippen LogP contribution in [0.3, 0.4) is 0 Å². The monoisotopic (exact) mass is 448 g/mol. The molecule has 0 spiro atoms. The first-order valence-corrected chi connectivity index (χ1v) is 11.8. The predicted octanol–water partition coefficient (Wildman–Crippen LogP) is 4.46. The fraction of sp³-hybridized carbons (Fsp3) is 0.480. The normalized spacial score (nSPS) is 18.9. The quantitative estimate of drug-likeness (QED) is 0.434. The lowest BCUT2D eigenvalue weighted by Gasteiger charge is -2.20. The average molecular weight is 449 g/mol. The Balaban J connectivity index is 1.25. The Labute approximate surface area is 192 Å². The summed E-state index contributed by atoms with van der Waals surface area (Å²) in [4.78, 5) is 13.6. The van der Waals surface area contributed by atoms with Crippen LogP contribution in [0.25, 0.3) is 28.0 Å². The second-order valence-corrected chi connectivity index (χ2v) is 9.93. The van der Waals surface area contributed by atoms with Gasteiger partial charge in [0.15, 0.2) is 17.0 Å². The SMILES string of the molecule is Cc1cn2nc(-c3cc(F)c4nc(N5CCC(CN(C)CC6CC6)C5)oc4c3)cc(C)c2n1. The van der Waals surface area contributed by atoms with Crippen molar-refractivity contribution in [1.29, 1.82) is 0 Å². The molecule has 1 aromatic carbocycles. The Morgan fingerprint density at radius 1 is 1.09 bits per heavy atom. The Morgan fingerprint density at radius 3 is 2.73 bits per heavy atom. The van der Waals surface area contributed by atoms with Gasteiger partial charge in [-0.15, -0.1) is 0 Å². The molecule has 1 atom stereocenters. The van der Waals surface area contributed by atoms with Gasteiger partial charge in [-0.05, 0) is 75.8 Å². The van der Waals surface area contributed by atoms with E-state index >= 15 is 4.39 Å². The molecule has 1 aliphatic heterocycles. The minimum Gasteiger partial charge on any atom is -0.423 e. The Bertz CT molecular complexity index is 1340. The van der Waals surface area contributed by atoms with Crippen LogP contribution in [0.4, 0.5) is 10.4 Å². The van der Waals surface area contributed by atoms with Gasteiger partial charge in [-0.3, -0.25) is 0 Å². The standard InChI is InChI=1S/C25H29FN6O/c1-15-8-21(29-32-11-16(2)27-24(15)32)19-9-20(26)23-22(10-19)33-25(28-23)31-7-6-18(14-31)13-30(3)12-17-4-5-17/h8-11,17-18H,4-7,12-14H2,1-3H3. The van der Waals surface area contributed by atoms with E-state index < -0.39 is 5.82 Å². The van der Waals surface area contributed by atoms with Crippen molar-refractivity contribution in [3.63, 3.8) is 0 Å². The number of imidazole rings is 1. The third kappa shape index (κ3) is 3.97. The van der Waals surface area contributed by atoms with Crippen molar-refractivity contribution < 1.29 is 8.81 Å². The van der Waals surface area contributed by atoms with Crippen LogP contribution in [0, 0.1) is 31.5 Å². The summed E-state index contributed by atoms with van der Waals surface area (Å²) in [5.41, 5.74) is 4.77. The van der Waals surface area contributed by atoms with Gasteiger partial charge in [0.2, 0.25) is 0 Å². The highest BCUT2D eigenvalue weighted by atomic mass is 19.1. The zero-order chi connectivity index (χ0) is 22.7. The van der Waals surface area contributed by atoms with Crippen LogP contribution in [-0.4, -0.2) is 57.7 Å². The summed E-state index contributed by atoms with van der Waals surface area (Å²) in [5.74, 6) is 1.10. The van der Waals surface area contributed by atoms with Gasteiger partial charge in [-0.1, -0.05) is 0 Å². The van der Waals surface area contributed by atoms with E-state index in [-0.39, 0.29) is 5.52 Å². The molecule has 1 saturated carbocycles. The second-order valence-electron chi connectivity index (χ2n) is 9.93. The minimum absolute atomic E-state index is 0.277. The number of aromatic nitrogens is 4. The number of aryl methyl sites for hydroxylation is 2. The van der Waals surface area contributed by atoms with Crippen LogP contribution >= 0.6 is 0 Å². The number of hydrogen-bond acceptors (Lipinski definition) is 6. The third-order valence-electron chi connectivity index (χ3n) is 6.86. The molecule has 6 rings (SSSR count). The second kappa shape index (κ2) is 7.80. The number of halogens is 1. The van der Waals surface area contributed by atoms with Crippen LogP contribution in [0.15, 0.2) is 28.8 Å². The number of rotatable bonds is 6. The summed E-state index contributed by atoms with van der Waals surface area (Å²) in [6.07, 6.45) is 5.74. The molecule has 2 aliphatic rings. The summed E-state index contributed by atoms with van der Waals surface area (Å²) in [5, 5.41) is 4.63. The molecule has 0 radical (unpaired) electrons. The summed E-state index contributed by atoms with van der Waals surface area (Å²) < 4.78 is 22.8. The van der Waals surface area contributed by atoms with E-state index in [4.69, 9.17) is 4.42 Å². The molecule has 0 bridgehead atoms. The van der Waals surface area contributed by atoms with Crippen molar-refractivity contribution in [3.8, 4) is 11.3 Å². The van der Waals surface area contributed by atoms with Gasteiger partial charge in [0, 0.05) is 31.7 Å². The van der Waals surface area contributed by atoms with Crippen molar-refractivity contribution in [2.24, 2.45) is 11.8 Å². The Hall–Kier alpha value is -3.00. The summed E-state index contributed by atoms with van der Waals surface area (Å²) in [6.45, 7) is 8.00. The maximum absolute atomic E-state index is 15.0. The molecule has 0 N–H and O–H groups in total. The summed E-state index contributed by atoms with van der Waals surface area (Å²) >= 11 is 0. The molecule has 1 aliphatic carbocycles. The molecule has 2 fully saturated rings. The highest BCUT2D eigenvalue weighted by Gasteiger charge is 2.29. The molecule has 1 saturated heterocycles.